The van der Waals surface area contributed by atoms with Gasteiger partial charge in [-0.25, -0.2) is 15.0 Å². The molecule has 1 fully saturated rings. The lowest BCUT2D eigenvalue weighted by atomic mass is 10.2. The topological polar surface area (TPSA) is 59.3 Å². The number of aromatic nitrogens is 4. The molecule has 4 rings (SSSR count). The van der Waals surface area contributed by atoms with Crippen LogP contribution < -0.4 is 9.64 Å². The predicted octanol–water partition coefficient (Wildman–Crippen LogP) is 2.47. The molecule has 0 N–H and O–H groups in total. The van der Waals surface area contributed by atoms with Crippen LogP contribution in [0.3, 0.4) is 0 Å². The number of rotatable bonds is 5. The van der Waals surface area contributed by atoms with E-state index in [1.54, 1.807) is 6.33 Å². The first-order valence-electron chi connectivity index (χ1n) is 9.44. The number of imidazole rings is 1. The molecule has 3 aromatic rings. The lowest BCUT2D eigenvalue weighted by molar-refractivity contribution is 0.235. The Balaban J connectivity index is 1.47. The van der Waals surface area contributed by atoms with E-state index in [0.717, 1.165) is 49.3 Å². The summed E-state index contributed by atoms with van der Waals surface area (Å²) in [6.45, 7) is 8.97. The Morgan fingerprint density at radius 1 is 1.07 bits per heavy atom. The van der Waals surface area contributed by atoms with Crippen LogP contribution in [-0.2, 0) is 13.6 Å². The Kier molecular flexibility index (Phi) is 4.94. The minimum atomic E-state index is 0.0851. The van der Waals surface area contributed by atoms with Gasteiger partial charge in [0.05, 0.1) is 29.0 Å². The second-order valence-electron chi connectivity index (χ2n) is 7.34. The van der Waals surface area contributed by atoms with Crippen molar-refractivity contribution >= 4 is 16.6 Å². The number of hydrogen-bond acceptors (Lipinski definition) is 6. The minimum absolute atomic E-state index is 0.0851. The SMILES string of the molecule is CC(C)Oc1ncnc2ccc(N3CCN(Cc4cn(C)cn4)CC3)cc12. The monoisotopic (exact) mass is 366 g/mol. The number of nitrogens with zero attached hydrogens (tertiary/aromatic N) is 6. The highest BCUT2D eigenvalue weighted by atomic mass is 16.5. The molecule has 27 heavy (non-hydrogen) atoms. The summed E-state index contributed by atoms with van der Waals surface area (Å²) in [7, 11) is 2.01. The highest BCUT2D eigenvalue weighted by Crippen LogP contribution is 2.28. The predicted molar refractivity (Wildman–Crippen MR) is 106 cm³/mol. The molecule has 3 heterocycles. The van der Waals surface area contributed by atoms with Crippen LogP contribution in [0.15, 0.2) is 37.1 Å². The fourth-order valence-electron chi connectivity index (χ4n) is 3.48. The van der Waals surface area contributed by atoms with Gasteiger partial charge in [0.15, 0.2) is 0 Å². The second kappa shape index (κ2) is 7.52. The molecule has 0 unspecified atom stereocenters. The van der Waals surface area contributed by atoms with Crippen LogP contribution in [0.1, 0.15) is 19.5 Å². The summed E-state index contributed by atoms with van der Waals surface area (Å²) in [6.07, 6.45) is 5.60. The summed E-state index contributed by atoms with van der Waals surface area (Å²) in [5.74, 6) is 0.658. The van der Waals surface area contributed by atoms with E-state index in [9.17, 15) is 0 Å². The van der Waals surface area contributed by atoms with Crippen molar-refractivity contribution in [3.05, 3.63) is 42.7 Å². The van der Waals surface area contributed by atoms with Gasteiger partial charge in [0.1, 0.15) is 6.33 Å². The molecule has 0 atom stereocenters. The van der Waals surface area contributed by atoms with Crippen molar-refractivity contribution in [3.63, 3.8) is 0 Å². The molecule has 7 heteroatoms. The van der Waals surface area contributed by atoms with Crippen LogP contribution in [0.4, 0.5) is 5.69 Å². The van der Waals surface area contributed by atoms with Crippen molar-refractivity contribution in [2.24, 2.45) is 7.05 Å². The maximum atomic E-state index is 5.87. The normalized spacial score (nSPS) is 15.6. The third-order valence-electron chi connectivity index (χ3n) is 4.81. The van der Waals surface area contributed by atoms with Crippen LogP contribution in [0.25, 0.3) is 10.9 Å². The van der Waals surface area contributed by atoms with Crippen LogP contribution in [0.5, 0.6) is 5.88 Å². The fraction of sp³-hybridized carbons (Fsp3) is 0.450. The zero-order chi connectivity index (χ0) is 18.8. The molecule has 0 spiro atoms. The van der Waals surface area contributed by atoms with Gasteiger partial charge in [-0.05, 0) is 32.0 Å². The van der Waals surface area contributed by atoms with Crippen LogP contribution in [-0.4, -0.2) is 56.7 Å². The van der Waals surface area contributed by atoms with Gasteiger partial charge in [0.2, 0.25) is 5.88 Å². The first-order valence-corrected chi connectivity index (χ1v) is 9.44. The lowest BCUT2D eigenvalue weighted by Gasteiger charge is -2.35. The molecule has 1 aliphatic rings. The number of fused-ring (bicyclic) bond motifs is 1. The molecule has 0 saturated carbocycles. The van der Waals surface area contributed by atoms with Crippen LogP contribution >= 0.6 is 0 Å². The number of ether oxygens (including phenoxy) is 1. The van der Waals surface area contributed by atoms with Gasteiger partial charge in [-0.15, -0.1) is 0 Å². The molecule has 0 aliphatic carbocycles. The van der Waals surface area contributed by atoms with E-state index in [0.29, 0.717) is 5.88 Å². The fourth-order valence-corrected chi connectivity index (χ4v) is 3.48. The van der Waals surface area contributed by atoms with Gasteiger partial charge in [-0.1, -0.05) is 0 Å². The number of hydrogen-bond donors (Lipinski definition) is 0. The maximum Gasteiger partial charge on any atom is 0.224 e. The highest BCUT2D eigenvalue weighted by Gasteiger charge is 2.19. The molecule has 0 amide bonds. The zero-order valence-corrected chi connectivity index (χ0v) is 16.2. The van der Waals surface area contributed by atoms with Crippen molar-refractivity contribution in [1.82, 2.24) is 24.4 Å². The maximum absolute atomic E-state index is 5.87. The van der Waals surface area contributed by atoms with E-state index in [2.05, 4.69) is 49.1 Å². The number of piperazine rings is 1. The third kappa shape index (κ3) is 4.03. The molecular formula is C20H26N6O. The van der Waals surface area contributed by atoms with E-state index in [1.165, 1.54) is 5.69 Å². The van der Waals surface area contributed by atoms with Crippen LogP contribution in [0, 0.1) is 0 Å². The summed E-state index contributed by atoms with van der Waals surface area (Å²) in [5.41, 5.74) is 3.24. The molecule has 0 bridgehead atoms. The van der Waals surface area contributed by atoms with Gasteiger partial charge in [-0.2, -0.15) is 0 Å². The molecule has 1 saturated heterocycles. The summed E-state index contributed by atoms with van der Waals surface area (Å²) >= 11 is 0. The summed E-state index contributed by atoms with van der Waals surface area (Å²) in [6, 6.07) is 6.35. The second-order valence-corrected chi connectivity index (χ2v) is 7.34. The summed E-state index contributed by atoms with van der Waals surface area (Å²) in [4.78, 5) is 18.0. The van der Waals surface area contributed by atoms with E-state index in [4.69, 9.17) is 4.74 Å². The Labute approximate surface area is 159 Å². The zero-order valence-electron chi connectivity index (χ0n) is 16.2. The van der Waals surface area contributed by atoms with Crippen molar-refractivity contribution in [3.8, 4) is 5.88 Å². The average Bonchev–Trinajstić information content (AvgIpc) is 3.07. The number of anilines is 1. The molecule has 1 aliphatic heterocycles. The first kappa shape index (κ1) is 17.7. The first-order chi connectivity index (χ1) is 13.1. The Morgan fingerprint density at radius 3 is 2.59 bits per heavy atom. The van der Waals surface area contributed by atoms with Gasteiger partial charge in [-0.3, -0.25) is 4.90 Å². The van der Waals surface area contributed by atoms with E-state index < -0.39 is 0 Å². The van der Waals surface area contributed by atoms with Crippen LogP contribution in [0.2, 0.25) is 0 Å². The molecule has 142 valence electrons. The average molecular weight is 366 g/mol. The molecular weight excluding hydrogens is 340 g/mol. The van der Waals surface area contributed by atoms with E-state index >= 15 is 0 Å². The Morgan fingerprint density at radius 2 is 1.89 bits per heavy atom. The number of aryl methyl sites for hydroxylation is 1. The minimum Gasteiger partial charge on any atom is -0.474 e. The Hall–Kier alpha value is -2.67. The van der Waals surface area contributed by atoms with Crippen molar-refractivity contribution in [2.45, 2.75) is 26.5 Å². The highest BCUT2D eigenvalue weighted by molar-refractivity contribution is 5.86. The molecule has 0 radical (unpaired) electrons. The smallest absolute Gasteiger partial charge is 0.224 e. The van der Waals surface area contributed by atoms with Gasteiger partial charge in [0, 0.05) is 51.7 Å². The third-order valence-corrected chi connectivity index (χ3v) is 4.81. The van der Waals surface area contributed by atoms with Crippen molar-refractivity contribution in [1.29, 1.82) is 0 Å². The van der Waals surface area contributed by atoms with Gasteiger partial charge < -0.3 is 14.2 Å². The Bertz CT molecular complexity index is 914. The number of benzene rings is 1. The largest absolute Gasteiger partial charge is 0.474 e. The van der Waals surface area contributed by atoms with Gasteiger partial charge in [0.25, 0.3) is 0 Å². The molecule has 2 aromatic heterocycles. The lowest BCUT2D eigenvalue weighted by Crippen LogP contribution is -2.46. The quantitative estimate of drug-likeness (QED) is 0.691. The van der Waals surface area contributed by atoms with E-state index in [1.807, 2.05) is 31.8 Å². The van der Waals surface area contributed by atoms with Crippen molar-refractivity contribution in [2.75, 3.05) is 31.1 Å². The van der Waals surface area contributed by atoms with Crippen molar-refractivity contribution < 1.29 is 4.74 Å². The molecule has 1 aromatic carbocycles. The standard InChI is InChI=1S/C20H26N6O/c1-15(2)27-20-18-10-17(4-5-19(18)21-13-22-20)26-8-6-25(7-9-26)12-16-11-24(3)14-23-16/h4-5,10-11,13-15H,6-9,12H2,1-3H3. The summed E-state index contributed by atoms with van der Waals surface area (Å²) < 4.78 is 7.87. The van der Waals surface area contributed by atoms with Gasteiger partial charge >= 0.3 is 0 Å². The summed E-state index contributed by atoms with van der Waals surface area (Å²) in [5, 5.41) is 0.972. The molecule has 7 nitrogen and oxygen atoms in total. The van der Waals surface area contributed by atoms with E-state index in [-0.39, 0.29) is 6.10 Å².